The highest BCUT2D eigenvalue weighted by molar-refractivity contribution is 6.20. The van der Waals surface area contributed by atoms with Gasteiger partial charge in [0.2, 0.25) is 0 Å². The van der Waals surface area contributed by atoms with Gasteiger partial charge in [0, 0.05) is 12.3 Å². The van der Waals surface area contributed by atoms with Gasteiger partial charge in [0.1, 0.15) is 0 Å². The number of hydrogen-bond acceptors (Lipinski definition) is 2. The van der Waals surface area contributed by atoms with E-state index in [2.05, 4.69) is 6.92 Å². The van der Waals surface area contributed by atoms with Crippen LogP contribution >= 0.6 is 11.6 Å². The summed E-state index contributed by atoms with van der Waals surface area (Å²) in [6.07, 6.45) is 19.4. The fourth-order valence-electron chi connectivity index (χ4n) is 2.86. The summed E-state index contributed by atoms with van der Waals surface area (Å²) in [6, 6.07) is 0. The Hall–Kier alpha value is -0.240. The van der Waals surface area contributed by atoms with Crippen LogP contribution in [-0.2, 0) is 9.53 Å². The van der Waals surface area contributed by atoms with E-state index in [1.807, 2.05) is 0 Å². The maximum Gasteiger partial charge on any atom is 0.302 e. The SMILES string of the molecule is CCCCCCCCCCCCCC(Cl)CCCCOC(C)=O. The number of unbranched alkanes of at least 4 members (excludes halogenated alkanes) is 11. The molecule has 0 radical (unpaired) electrons. The van der Waals surface area contributed by atoms with Gasteiger partial charge in [0.05, 0.1) is 6.61 Å². The van der Waals surface area contributed by atoms with E-state index in [0.29, 0.717) is 12.0 Å². The lowest BCUT2D eigenvalue weighted by Crippen LogP contribution is -2.03. The molecule has 3 heteroatoms. The van der Waals surface area contributed by atoms with Gasteiger partial charge >= 0.3 is 5.97 Å². The van der Waals surface area contributed by atoms with E-state index >= 15 is 0 Å². The second-order valence-corrected chi connectivity index (χ2v) is 7.37. The Morgan fingerprint density at radius 2 is 1.22 bits per heavy atom. The van der Waals surface area contributed by atoms with E-state index in [4.69, 9.17) is 16.3 Å². The molecule has 0 spiro atoms. The highest BCUT2D eigenvalue weighted by Gasteiger charge is 2.04. The van der Waals surface area contributed by atoms with Crippen LogP contribution in [0.5, 0.6) is 0 Å². The molecule has 0 saturated carbocycles. The molecule has 0 bridgehead atoms. The van der Waals surface area contributed by atoms with E-state index in [-0.39, 0.29) is 5.97 Å². The van der Waals surface area contributed by atoms with Crippen molar-refractivity contribution in [3.8, 4) is 0 Å². The van der Waals surface area contributed by atoms with E-state index in [9.17, 15) is 4.79 Å². The molecule has 1 unspecified atom stereocenters. The van der Waals surface area contributed by atoms with Crippen molar-refractivity contribution in [2.75, 3.05) is 6.61 Å². The summed E-state index contributed by atoms with van der Waals surface area (Å²) in [6.45, 7) is 4.27. The zero-order chi connectivity index (χ0) is 17.2. The molecule has 0 aliphatic heterocycles. The molecule has 0 amide bonds. The van der Waals surface area contributed by atoms with E-state index < -0.39 is 0 Å². The second-order valence-electron chi connectivity index (χ2n) is 6.76. The molecule has 0 aromatic carbocycles. The van der Waals surface area contributed by atoms with Crippen molar-refractivity contribution in [1.29, 1.82) is 0 Å². The van der Waals surface area contributed by atoms with Crippen molar-refractivity contribution in [3.63, 3.8) is 0 Å². The number of rotatable bonds is 17. The third-order valence-electron chi connectivity index (χ3n) is 4.34. The van der Waals surface area contributed by atoms with Gasteiger partial charge in [-0.1, -0.05) is 77.6 Å². The fourth-order valence-corrected chi connectivity index (χ4v) is 3.17. The predicted molar refractivity (Wildman–Crippen MR) is 101 cm³/mol. The smallest absolute Gasteiger partial charge is 0.302 e. The first-order valence-electron chi connectivity index (χ1n) is 9.94. The molecule has 2 nitrogen and oxygen atoms in total. The van der Waals surface area contributed by atoms with Crippen LogP contribution in [0.4, 0.5) is 0 Å². The topological polar surface area (TPSA) is 26.3 Å². The standard InChI is InChI=1S/C20H39ClO2/c1-3-4-5-6-7-8-9-10-11-12-13-16-20(21)17-14-15-18-23-19(2)22/h20H,3-18H2,1-2H3. The third kappa shape index (κ3) is 19.7. The quantitative estimate of drug-likeness (QED) is 0.160. The molecule has 0 heterocycles. The van der Waals surface area contributed by atoms with Gasteiger partial charge in [-0.05, 0) is 25.7 Å². The number of alkyl halides is 1. The highest BCUT2D eigenvalue weighted by Crippen LogP contribution is 2.17. The Balaban J connectivity index is 3.14. The van der Waals surface area contributed by atoms with Crippen LogP contribution in [0.25, 0.3) is 0 Å². The molecular weight excluding hydrogens is 308 g/mol. The largest absolute Gasteiger partial charge is 0.466 e. The Kier molecular flexibility index (Phi) is 17.9. The van der Waals surface area contributed by atoms with Crippen molar-refractivity contribution in [2.45, 2.75) is 116 Å². The molecule has 0 aromatic heterocycles. The molecule has 0 saturated heterocycles. The van der Waals surface area contributed by atoms with Crippen LogP contribution in [0.3, 0.4) is 0 Å². The summed E-state index contributed by atoms with van der Waals surface area (Å²) in [4.78, 5) is 10.6. The van der Waals surface area contributed by atoms with Crippen molar-refractivity contribution in [3.05, 3.63) is 0 Å². The minimum atomic E-state index is -0.187. The predicted octanol–water partition coefficient (Wildman–Crippen LogP) is 7.03. The maximum absolute atomic E-state index is 10.6. The molecule has 0 aliphatic rings. The van der Waals surface area contributed by atoms with Crippen molar-refractivity contribution in [2.24, 2.45) is 0 Å². The van der Waals surface area contributed by atoms with E-state index in [1.54, 1.807) is 0 Å². The van der Waals surface area contributed by atoms with Gasteiger partial charge in [-0.25, -0.2) is 0 Å². The molecule has 0 aromatic rings. The summed E-state index contributed by atoms with van der Waals surface area (Å²) in [7, 11) is 0. The zero-order valence-corrected chi connectivity index (χ0v) is 16.3. The van der Waals surface area contributed by atoms with Gasteiger partial charge in [-0.15, -0.1) is 11.6 Å². The van der Waals surface area contributed by atoms with Gasteiger partial charge in [0.25, 0.3) is 0 Å². The van der Waals surface area contributed by atoms with Crippen LogP contribution in [-0.4, -0.2) is 18.0 Å². The number of hydrogen-bond donors (Lipinski definition) is 0. The van der Waals surface area contributed by atoms with Crippen molar-refractivity contribution in [1.82, 2.24) is 0 Å². The van der Waals surface area contributed by atoms with Gasteiger partial charge in [-0.2, -0.15) is 0 Å². The molecule has 0 fully saturated rings. The fraction of sp³-hybridized carbons (Fsp3) is 0.950. The third-order valence-corrected chi connectivity index (χ3v) is 4.77. The Morgan fingerprint density at radius 3 is 1.70 bits per heavy atom. The number of halogens is 1. The summed E-state index contributed by atoms with van der Waals surface area (Å²) < 4.78 is 4.91. The monoisotopic (exact) mass is 346 g/mol. The summed E-state index contributed by atoms with van der Waals surface area (Å²) in [5, 5.41) is 0.297. The van der Waals surface area contributed by atoms with E-state index in [1.165, 1.54) is 77.6 Å². The molecule has 138 valence electrons. The molecule has 0 aliphatic carbocycles. The van der Waals surface area contributed by atoms with Crippen LogP contribution in [0, 0.1) is 0 Å². The lowest BCUT2D eigenvalue weighted by atomic mass is 10.0. The Bertz CT molecular complexity index is 256. The molecule has 23 heavy (non-hydrogen) atoms. The summed E-state index contributed by atoms with van der Waals surface area (Å²) in [5.74, 6) is -0.187. The van der Waals surface area contributed by atoms with Gasteiger partial charge < -0.3 is 4.74 Å². The highest BCUT2D eigenvalue weighted by atomic mass is 35.5. The first-order chi connectivity index (χ1) is 11.2. The average Bonchev–Trinajstić information content (AvgIpc) is 2.52. The maximum atomic E-state index is 10.6. The van der Waals surface area contributed by atoms with E-state index in [0.717, 1.165) is 25.7 Å². The molecule has 0 rings (SSSR count). The number of carbonyl (C=O) groups excluding carboxylic acids is 1. The molecular formula is C20H39ClO2. The number of carbonyl (C=O) groups is 1. The lowest BCUT2D eigenvalue weighted by Gasteiger charge is -2.09. The Morgan fingerprint density at radius 1 is 0.783 bits per heavy atom. The Labute approximate surface area is 149 Å². The summed E-state index contributed by atoms with van der Waals surface area (Å²) >= 11 is 6.34. The van der Waals surface area contributed by atoms with Gasteiger partial charge in [-0.3, -0.25) is 4.79 Å². The minimum Gasteiger partial charge on any atom is -0.466 e. The first-order valence-corrected chi connectivity index (χ1v) is 10.4. The lowest BCUT2D eigenvalue weighted by molar-refractivity contribution is -0.141. The van der Waals surface area contributed by atoms with Crippen LogP contribution in [0.2, 0.25) is 0 Å². The van der Waals surface area contributed by atoms with Crippen LogP contribution < -0.4 is 0 Å². The normalized spacial score (nSPS) is 12.3. The second kappa shape index (κ2) is 18.1. The summed E-state index contributed by atoms with van der Waals surface area (Å²) in [5.41, 5.74) is 0. The molecule has 1 atom stereocenters. The van der Waals surface area contributed by atoms with Crippen LogP contribution in [0.1, 0.15) is 110 Å². The average molecular weight is 347 g/mol. The van der Waals surface area contributed by atoms with Crippen molar-refractivity contribution < 1.29 is 9.53 Å². The van der Waals surface area contributed by atoms with Crippen LogP contribution in [0.15, 0.2) is 0 Å². The molecule has 0 N–H and O–H groups in total. The number of ether oxygens (including phenoxy) is 1. The zero-order valence-electron chi connectivity index (χ0n) is 15.6. The van der Waals surface area contributed by atoms with Crippen molar-refractivity contribution >= 4 is 17.6 Å². The van der Waals surface area contributed by atoms with Gasteiger partial charge in [0.15, 0.2) is 0 Å². The minimum absolute atomic E-state index is 0.187. The first kappa shape index (κ1) is 22.8. The number of esters is 1.